The summed E-state index contributed by atoms with van der Waals surface area (Å²) in [6.45, 7) is 0.0355. The van der Waals surface area contributed by atoms with Gasteiger partial charge in [0.1, 0.15) is 11.6 Å². The molecule has 3 N–H and O–H groups in total. The summed E-state index contributed by atoms with van der Waals surface area (Å²) in [5.74, 6) is 0.252. The predicted octanol–water partition coefficient (Wildman–Crippen LogP) is 2.00. The van der Waals surface area contributed by atoms with Crippen LogP contribution < -0.4 is 10.5 Å². The number of aliphatic hydroxyl groups excluding tert-OH is 1. The summed E-state index contributed by atoms with van der Waals surface area (Å²) in [5, 5.41) is 9.49. The maximum absolute atomic E-state index is 13.3. The molecule has 1 atom stereocenters. The molecular formula is C13H18FNO2. The Balaban J connectivity index is 2.35. The van der Waals surface area contributed by atoms with Crippen LogP contribution in [-0.2, 0) is 0 Å². The van der Waals surface area contributed by atoms with Gasteiger partial charge in [0.25, 0.3) is 0 Å². The summed E-state index contributed by atoms with van der Waals surface area (Å²) in [4.78, 5) is 0. The van der Waals surface area contributed by atoms with Gasteiger partial charge in [-0.3, -0.25) is 0 Å². The van der Waals surface area contributed by atoms with Crippen LogP contribution in [0.5, 0.6) is 5.75 Å². The third-order valence-electron chi connectivity index (χ3n) is 3.85. The van der Waals surface area contributed by atoms with Gasteiger partial charge in [0.15, 0.2) is 0 Å². The van der Waals surface area contributed by atoms with Gasteiger partial charge in [0.2, 0.25) is 0 Å². The summed E-state index contributed by atoms with van der Waals surface area (Å²) in [5.41, 5.74) is 6.52. The van der Waals surface area contributed by atoms with Crippen LogP contribution >= 0.6 is 0 Å². The van der Waals surface area contributed by atoms with Crippen molar-refractivity contribution in [1.29, 1.82) is 0 Å². The molecule has 1 fully saturated rings. The predicted molar refractivity (Wildman–Crippen MR) is 63.3 cm³/mol. The van der Waals surface area contributed by atoms with E-state index in [-0.39, 0.29) is 23.9 Å². The second-order valence-electron chi connectivity index (χ2n) is 4.74. The number of hydrogen-bond acceptors (Lipinski definition) is 3. The number of rotatable bonds is 4. The average Bonchev–Trinajstić information content (AvgIpc) is 2.28. The number of hydrogen-bond donors (Lipinski definition) is 2. The summed E-state index contributed by atoms with van der Waals surface area (Å²) in [6.07, 6.45) is 2.82. The van der Waals surface area contributed by atoms with Gasteiger partial charge in [0, 0.05) is 17.0 Å². The molecule has 1 unspecified atom stereocenters. The van der Waals surface area contributed by atoms with E-state index in [0.717, 1.165) is 19.3 Å². The quantitative estimate of drug-likeness (QED) is 0.845. The molecule has 1 aromatic carbocycles. The molecule has 0 saturated heterocycles. The van der Waals surface area contributed by atoms with E-state index in [1.165, 1.54) is 19.2 Å². The highest BCUT2D eigenvalue weighted by atomic mass is 19.1. The lowest BCUT2D eigenvalue weighted by Gasteiger charge is -2.45. The first-order valence-corrected chi connectivity index (χ1v) is 5.83. The van der Waals surface area contributed by atoms with Crippen LogP contribution in [0, 0.1) is 11.2 Å². The van der Waals surface area contributed by atoms with Crippen LogP contribution in [-0.4, -0.2) is 18.8 Å². The van der Waals surface area contributed by atoms with E-state index in [0.29, 0.717) is 11.3 Å². The lowest BCUT2D eigenvalue weighted by molar-refractivity contribution is 0.0176. The highest BCUT2D eigenvalue weighted by Gasteiger charge is 2.43. The van der Waals surface area contributed by atoms with Gasteiger partial charge >= 0.3 is 0 Å². The van der Waals surface area contributed by atoms with Gasteiger partial charge in [-0.15, -0.1) is 0 Å². The second-order valence-corrected chi connectivity index (χ2v) is 4.74. The molecule has 0 heterocycles. The Hall–Kier alpha value is -1.13. The number of benzene rings is 1. The SMILES string of the molecule is COc1ccc(F)cc1C(N)C1(CO)CCC1. The zero-order chi connectivity index (χ0) is 12.5. The van der Waals surface area contributed by atoms with Crippen LogP contribution in [0.4, 0.5) is 4.39 Å². The molecule has 1 aliphatic rings. The first-order chi connectivity index (χ1) is 8.13. The van der Waals surface area contributed by atoms with Crippen molar-refractivity contribution in [2.24, 2.45) is 11.1 Å². The van der Waals surface area contributed by atoms with Gasteiger partial charge in [-0.1, -0.05) is 6.42 Å². The molecule has 17 heavy (non-hydrogen) atoms. The third-order valence-corrected chi connectivity index (χ3v) is 3.85. The van der Waals surface area contributed by atoms with Gasteiger partial charge in [-0.2, -0.15) is 0 Å². The van der Waals surface area contributed by atoms with E-state index < -0.39 is 0 Å². The standard InChI is InChI=1S/C13H18FNO2/c1-17-11-4-3-9(14)7-10(11)12(15)13(8-16)5-2-6-13/h3-4,7,12,16H,2,5-6,8,15H2,1H3. The topological polar surface area (TPSA) is 55.5 Å². The van der Waals surface area contributed by atoms with Crippen LogP contribution in [0.3, 0.4) is 0 Å². The van der Waals surface area contributed by atoms with Crippen LogP contribution in [0.2, 0.25) is 0 Å². The second kappa shape index (κ2) is 4.63. The fraction of sp³-hybridized carbons (Fsp3) is 0.538. The fourth-order valence-electron chi connectivity index (χ4n) is 2.48. The number of ether oxygens (including phenoxy) is 1. The first kappa shape index (κ1) is 12.3. The Morgan fingerprint density at radius 2 is 2.24 bits per heavy atom. The van der Waals surface area contributed by atoms with Crippen molar-refractivity contribution in [2.45, 2.75) is 25.3 Å². The Bertz CT molecular complexity index is 399. The number of methoxy groups -OCH3 is 1. The van der Waals surface area contributed by atoms with E-state index in [4.69, 9.17) is 10.5 Å². The Kier molecular flexibility index (Phi) is 3.35. The van der Waals surface area contributed by atoms with E-state index in [9.17, 15) is 9.50 Å². The minimum Gasteiger partial charge on any atom is -0.496 e. The zero-order valence-corrected chi connectivity index (χ0v) is 9.95. The van der Waals surface area contributed by atoms with E-state index in [1.54, 1.807) is 6.07 Å². The molecule has 0 radical (unpaired) electrons. The largest absolute Gasteiger partial charge is 0.496 e. The smallest absolute Gasteiger partial charge is 0.123 e. The highest BCUT2D eigenvalue weighted by Crippen LogP contribution is 2.50. The molecular weight excluding hydrogens is 221 g/mol. The zero-order valence-electron chi connectivity index (χ0n) is 9.95. The summed E-state index contributed by atoms with van der Waals surface area (Å²) in [6, 6.07) is 3.95. The first-order valence-electron chi connectivity index (χ1n) is 5.83. The molecule has 1 aliphatic carbocycles. The van der Waals surface area contributed by atoms with Crippen molar-refractivity contribution in [1.82, 2.24) is 0 Å². The van der Waals surface area contributed by atoms with Crippen molar-refractivity contribution in [3.63, 3.8) is 0 Å². The molecule has 3 nitrogen and oxygen atoms in total. The molecule has 0 spiro atoms. The van der Waals surface area contributed by atoms with Crippen molar-refractivity contribution >= 4 is 0 Å². The number of aliphatic hydroxyl groups is 1. The van der Waals surface area contributed by atoms with Crippen molar-refractivity contribution < 1.29 is 14.2 Å². The average molecular weight is 239 g/mol. The number of nitrogens with two attached hydrogens (primary N) is 1. The van der Waals surface area contributed by atoms with E-state index >= 15 is 0 Å². The Labute approximate surface area is 100 Å². The highest BCUT2D eigenvalue weighted by molar-refractivity contribution is 5.38. The van der Waals surface area contributed by atoms with Crippen molar-refractivity contribution in [3.8, 4) is 5.75 Å². The van der Waals surface area contributed by atoms with Gasteiger partial charge < -0.3 is 15.6 Å². The molecule has 0 amide bonds. The normalized spacial score (nSPS) is 19.5. The molecule has 0 aromatic heterocycles. The lowest BCUT2D eigenvalue weighted by atomic mass is 9.63. The monoisotopic (exact) mass is 239 g/mol. The fourth-order valence-corrected chi connectivity index (χ4v) is 2.48. The minimum absolute atomic E-state index is 0.0355. The van der Waals surface area contributed by atoms with Crippen molar-refractivity contribution in [3.05, 3.63) is 29.6 Å². The third kappa shape index (κ3) is 2.03. The number of halogens is 1. The Morgan fingerprint density at radius 1 is 1.53 bits per heavy atom. The van der Waals surface area contributed by atoms with E-state index in [1.807, 2.05) is 0 Å². The van der Waals surface area contributed by atoms with E-state index in [2.05, 4.69) is 0 Å². The van der Waals surface area contributed by atoms with Gasteiger partial charge in [-0.05, 0) is 31.0 Å². The van der Waals surface area contributed by atoms with Crippen LogP contribution in [0.1, 0.15) is 30.9 Å². The lowest BCUT2D eigenvalue weighted by Crippen LogP contribution is -2.43. The molecule has 1 saturated carbocycles. The summed E-state index contributed by atoms with van der Waals surface area (Å²) >= 11 is 0. The Morgan fingerprint density at radius 3 is 2.71 bits per heavy atom. The molecule has 4 heteroatoms. The van der Waals surface area contributed by atoms with Gasteiger partial charge in [0.05, 0.1) is 13.7 Å². The maximum Gasteiger partial charge on any atom is 0.123 e. The van der Waals surface area contributed by atoms with Crippen LogP contribution in [0.25, 0.3) is 0 Å². The summed E-state index contributed by atoms with van der Waals surface area (Å²) < 4.78 is 18.5. The molecule has 94 valence electrons. The molecule has 0 bridgehead atoms. The molecule has 2 rings (SSSR count). The maximum atomic E-state index is 13.3. The molecule has 1 aromatic rings. The summed E-state index contributed by atoms with van der Waals surface area (Å²) in [7, 11) is 1.54. The van der Waals surface area contributed by atoms with Crippen LogP contribution in [0.15, 0.2) is 18.2 Å². The van der Waals surface area contributed by atoms with Gasteiger partial charge in [-0.25, -0.2) is 4.39 Å². The molecule has 0 aliphatic heterocycles. The minimum atomic E-state index is -0.383. The van der Waals surface area contributed by atoms with Crippen molar-refractivity contribution in [2.75, 3.05) is 13.7 Å².